The molecule has 3 aromatic rings. The summed E-state index contributed by atoms with van der Waals surface area (Å²) in [7, 11) is 0. The molecule has 0 atom stereocenters. The number of benzene rings is 2. The Morgan fingerprint density at radius 1 is 1.16 bits per heavy atom. The number of ether oxygens (including phenoxy) is 1. The van der Waals surface area contributed by atoms with Crippen molar-refractivity contribution in [3.8, 4) is 0 Å². The topological polar surface area (TPSA) is 80.3 Å². The Labute approximate surface area is 152 Å². The van der Waals surface area contributed by atoms with Crippen LogP contribution in [-0.4, -0.2) is 23.6 Å². The van der Waals surface area contributed by atoms with Crippen molar-refractivity contribution in [3.05, 3.63) is 53.1 Å². The van der Waals surface area contributed by atoms with Gasteiger partial charge in [-0.2, -0.15) is 0 Å². The Balaban J connectivity index is 1.65. The molecule has 128 valence electrons. The lowest BCUT2D eigenvalue weighted by Crippen LogP contribution is -2.19. The number of rotatable bonds is 4. The molecule has 1 aromatic heterocycles. The predicted molar refractivity (Wildman–Crippen MR) is 99.7 cm³/mol. The van der Waals surface area contributed by atoms with E-state index in [9.17, 15) is 9.59 Å². The lowest BCUT2D eigenvalue weighted by atomic mass is 10.2. The molecule has 0 saturated heterocycles. The number of nitrogens with zero attached hydrogens (tertiary/aromatic N) is 1. The summed E-state index contributed by atoms with van der Waals surface area (Å²) in [5, 5.41) is 6.34. The van der Waals surface area contributed by atoms with Gasteiger partial charge in [0.2, 0.25) is 0 Å². The van der Waals surface area contributed by atoms with Gasteiger partial charge in [-0.3, -0.25) is 5.32 Å². The average molecular weight is 376 g/mol. The van der Waals surface area contributed by atoms with Crippen LogP contribution in [0.25, 0.3) is 10.2 Å². The first-order valence-electron chi connectivity index (χ1n) is 7.47. The highest BCUT2D eigenvalue weighted by atomic mass is 35.5. The summed E-state index contributed by atoms with van der Waals surface area (Å²) in [6, 6.07) is 11.5. The zero-order chi connectivity index (χ0) is 17.8. The van der Waals surface area contributed by atoms with Gasteiger partial charge in [-0.25, -0.2) is 14.6 Å². The van der Waals surface area contributed by atoms with Crippen LogP contribution in [0.1, 0.15) is 17.3 Å². The highest BCUT2D eigenvalue weighted by molar-refractivity contribution is 7.22. The van der Waals surface area contributed by atoms with Gasteiger partial charge in [0.1, 0.15) is 5.52 Å². The zero-order valence-corrected chi connectivity index (χ0v) is 14.8. The smallest absolute Gasteiger partial charge is 0.338 e. The standard InChI is InChI=1S/C17H14ClN3O3S/c1-2-24-15(22)10-6-8-11(9-7-10)19-16(23)21-17-20-14-12(18)4-3-5-13(14)25-17/h3-9H,2H2,1H3,(H2,19,20,21,23). The van der Waals surface area contributed by atoms with E-state index in [-0.39, 0.29) is 0 Å². The number of thiazole rings is 1. The van der Waals surface area contributed by atoms with Crippen LogP contribution in [0.4, 0.5) is 15.6 Å². The van der Waals surface area contributed by atoms with Gasteiger partial charge < -0.3 is 10.1 Å². The summed E-state index contributed by atoms with van der Waals surface area (Å²) in [4.78, 5) is 28.0. The third-order valence-electron chi connectivity index (χ3n) is 3.24. The minimum Gasteiger partial charge on any atom is -0.462 e. The van der Waals surface area contributed by atoms with Gasteiger partial charge in [0.25, 0.3) is 0 Å². The minimum absolute atomic E-state index is 0.313. The van der Waals surface area contributed by atoms with E-state index in [0.29, 0.717) is 33.5 Å². The quantitative estimate of drug-likeness (QED) is 0.643. The van der Waals surface area contributed by atoms with Crippen LogP contribution < -0.4 is 10.6 Å². The first kappa shape index (κ1) is 17.2. The Morgan fingerprint density at radius 2 is 1.92 bits per heavy atom. The summed E-state index contributed by atoms with van der Waals surface area (Å²) in [5.41, 5.74) is 1.63. The number of urea groups is 1. The van der Waals surface area contributed by atoms with Crippen molar-refractivity contribution in [1.29, 1.82) is 0 Å². The van der Waals surface area contributed by atoms with E-state index >= 15 is 0 Å². The molecule has 0 radical (unpaired) electrons. The van der Waals surface area contributed by atoms with Crippen LogP contribution in [0.3, 0.4) is 0 Å². The number of fused-ring (bicyclic) bond motifs is 1. The van der Waals surface area contributed by atoms with E-state index in [1.54, 1.807) is 37.3 Å². The van der Waals surface area contributed by atoms with Crippen LogP contribution in [0.15, 0.2) is 42.5 Å². The van der Waals surface area contributed by atoms with E-state index in [1.165, 1.54) is 11.3 Å². The second kappa shape index (κ2) is 7.50. The molecule has 0 fully saturated rings. The number of esters is 1. The molecule has 0 saturated carbocycles. The van der Waals surface area contributed by atoms with Crippen molar-refractivity contribution in [2.75, 3.05) is 17.2 Å². The highest BCUT2D eigenvalue weighted by Crippen LogP contribution is 2.30. The van der Waals surface area contributed by atoms with Crippen LogP contribution in [-0.2, 0) is 4.74 Å². The van der Waals surface area contributed by atoms with Crippen LogP contribution in [0.2, 0.25) is 5.02 Å². The van der Waals surface area contributed by atoms with E-state index < -0.39 is 12.0 Å². The third kappa shape index (κ3) is 4.07. The van der Waals surface area contributed by atoms with Gasteiger partial charge in [-0.05, 0) is 43.3 Å². The predicted octanol–water partition coefficient (Wildman–Crippen LogP) is 4.77. The number of hydrogen-bond donors (Lipinski definition) is 2. The van der Waals surface area contributed by atoms with Crippen molar-refractivity contribution >= 4 is 56.0 Å². The fourth-order valence-electron chi connectivity index (χ4n) is 2.13. The molecule has 8 heteroatoms. The second-order valence-corrected chi connectivity index (χ2v) is 6.42. The Morgan fingerprint density at radius 3 is 2.60 bits per heavy atom. The van der Waals surface area contributed by atoms with Crippen molar-refractivity contribution in [2.24, 2.45) is 0 Å². The van der Waals surface area contributed by atoms with Crippen LogP contribution in [0, 0.1) is 0 Å². The van der Waals surface area contributed by atoms with E-state index in [4.69, 9.17) is 16.3 Å². The van der Waals surface area contributed by atoms with Gasteiger partial charge in [0.15, 0.2) is 5.13 Å². The second-order valence-electron chi connectivity index (χ2n) is 4.98. The molecule has 6 nitrogen and oxygen atoms in total. The summed E-state index contributed by atoms with van der Waals surface area (Å²) >= 11 is 7.41. The molecule has 2 N–H and O–H groups in total. The number of carbonyl (C=O) groups is 2. The lowest BCUT2D eigenvalue weighted by molar-refractivity contribution is 0.0526. The molecule has 2 aromatic carbocycles. The number of halogens is 1. The maximum atomic E-state index is 12.1. The SMILES string of the molecule is CCOC(=O)c1ccc(NC(=O)Nc2nc3c(Cl)cccc3s2)cc1. The Kier molecular flexibility index (Phi) is 5.16. The molecule has 25 heavy (non-hydrogen) atoms. The molecule has 2 amide bonds. The van der Waals surface area contributed by atoms with Gasteiger partial charge in [-0.15, -0.1) is 0 Å². The summed E-state index contributed by atoms with van der Waals surface area (Å²) in [6.07, 6.45) is 0. The van der Waals surface area contributed by atoms with Crippen LogP contribution >= 0.6 is 22.9 Å². The number of hydrogen-bond acceptors (Lipinski definition) is 5. The first-order chi connectivity index (χ1) is 12.1. The number of aromatic nitrogens is 1. The number of amides is 2. The largest absolute Gasteiger partial charge is 0.462 e. The molecule has 0 aliphatic carbocycles. The molecular weight excluding hydrogens is 362 g/mol. The number of nitrogens with one attached hydrogen (secondary N) is 2. The summed E-state index contributed by atoms with van der Waals surface area (Å²) in [5.74, 6) is -0.398. The molecule has 0 spiro atoms. The average Bonchev–Trinajstić information content (AvgIpc) is 2.99. The number of carbonyl (C=O) groups excluding carboxylic acids is 2. The Bertz CT molecular complexity index is 925. The molecule has 0 aliphatic rings. The van der Waals surface area contributed by atoms with Gasteiger partial charge >= 0.3 is 12.0 Å². The van der Waals surface area contributed by atoms with E-state index in [2.05, 4.69) is 15.6 Å². The van der Waals surface area contributed by atoms with Gasteiger partial charge in [0.05, 0.1) is 21.9 Å². The fourth-order valence-corrected chi connectivity index (χ4v) is 3.29. The molecule has 0 unspecified atom stereocenters. The van der Waals surface area contributed by atoms with Gasteiger partial charge in [0, 0.05) is 5.69 Å². The number of anilines is 2. The molecule has 1 heterocycles. The molecular formula is C17H14ClN3O3S. The zero-order valence-electron chi connectivity index (χ0n) is 13.2. The summed E-state index contributed by atoms with van der Waals surface area (Å²) < 4.78 is 5.80. The Hall–Kier alpha value is -2.64. The fraction of sp³-hybridized carbons (Fsp3) is 0.118. The number of para-hydroxylation sites is 1. The molecule has 0 aliphatic heterocycles. The van der Waals surface area contributed by atoms with E-state index in [0.717, 1.165) is 4.70 Å². The summed E-state index contributed by atoms with van der Waals surface area (Å²) in [6.45, 7) is 2.06. The first-order valence-corrected chi connectivity index (χ1v) is 8.66. The molecule has 0 bridgehead atoms. The minimum atomic E-state index is -0.431. The monoisotopic (exact) mass is 375 g/mol. The van der Waals surface area contributed by atoms with Crippen molar-refractivity contribution < 1.29 is 14.3 Å². The van der Waals surface area contributed by atoms with E-state index in [1.807, 2.05) is 12.1 Å². The maximum absolute atomic E-state index is 12.1. The van der Waals surface area contributed by atoms with Crippen molar-refractivity contribution in [2.45, 2.75) is 6.92 Å². The lowest BCUT2D eigenvalue weighted by Gasteiger charge is -2.06. The normalized spacial score (nSPS) is 10.5. The maximum Gasteiger partial charge on any atom is 0.338 e. The van der Waals surface area contributed by atoms with Crippen molar-refractivity contribution in [1.82, 2.24) is 4.98 Å². The third-order valence-corrected chi connectivity index (χ3v) is 4.49. The molecule has 3 rings (SSSR count). The van der Waals surface area contributed by atoms with Crippen molar-refractivity contribution in [3.63, 3.8) is 0 Å². The highest BCUT2D eigenvalue weighted by Gasteiger charge is 2.11. The van der Waals surface area contributed by atoms with Crippen LogP contribution in [0.5, 0.6) is 0 Å². The van der Waals surface area contributed by atoms with Gasteiger partial charge in [-0.1, -0.05) is 29.0 Å².